The molecule has 1 N–H and O–H groups in total. The van der Waals surface area contributed by atoms with E-state index in [1.807, 2.05) is 0 Å². The molecule has 0 saturated heterocycles. The Morgan fingerprint density at radius 2 is 2.07 bits per heavy atom. The SMILES string of the molecule is COCCOCCNC(C)C1CCC1. The highest BCUT2D eigenvalue weighted by Crippen LogP contribution is 2.29. The Hall–Kier alpha value is -0.120. The van der Waals surface area contributed by atoms with Gasteiger partial charge in [-0.2, -0.15) is 0 Å². The molecule has 1 aliphatic rings. The number of ether oxygens (including phenoxy) is 2. The van der Waals surface area contributed by atoms with Gasteiger partial charge >= 0.3 is 0 Å². The first-order valence-electron chi connectivity index (χ1n) is 5.64. The third-order valence-electron chi connectivity index (χ3n) is 3.00. The van der Waals surface area contributed by atoms with E-state index in [0.29, 0.717) is 19.3 Å². The number of hydrogen-bond acceptors (Lipinski definition) is 3. The smallest absolute Gasteiger partial charge is 0.0700 e. The summed E-state index contributed by atoms with van der Waals surface area (Å²) >= 11 is 0. The van der Waals surface area contributed by atoms with E-state index in [9.17, 15) is 0 Å². The zero-order valence-electron chi connectivity index (χ0n) is 9.42. The summed E-state index contributed by atoms with van der Waals surface area (Å²) in [6.45, 7) is 5.43. The standard InChI is InChI=1S/C11H23NO2/c1-10(11-4-3-5-11)12-6-7-14-9-8-13-2/h10-12H,3-9H2,1-2H3. The van der Waals surface area contributed by atoms with Crippen molar-refractivity contribution < 1.29 is 9.47 Å². The lowest BCUT2D eigenvalue weighted by molar-refractivity contribution is 0.0695. The van der Waals surface area contributed by atoms with Crippen LogP contribution in [0.1, 0.15) is 26.2 Å². The summed E-state index contributed by atoms with van der Waals surface area (Å²) in [5.41, 5.74) is 0. The number of nitrogens with one attached hydrogen (secondary N) is 1. The highest BCUT2D eigenvalue weighted by atomic mass is 16.5. The Labute approximate surface area is 87.2 Å². The average molecular weight is 201 g/mol. The molecule has 1 fully saturated rings. The molecular formula is C11H23NO2. The maximum absolute atomic E-state index is 5.37. The van der Waals surface area contributed by atoms with Gasteiger partial charge in [-0.05, 0) is 25.7 Å². The lowest BCUT2D eigenvalue weighted by atomic mass is 9.80. The van der Waals surface area contributed by atoms with Crippen molar-refractivity contribution in [1.82, 2.24) is 5.32 Å². The van der Waals surface area contributed by atoms with Gasteiger partial charge < -0.3 is 14.8 Å². The zero-order valence-corrected chi connectivity index (χ0v) is 9.42. The Bertz CT molecular complexity index is 137. The molecule has 0 heterocycles. The van der Waals surface area contributed by atoms with Crippen molar-refractivity contribution >= 4 is 0 Å². The molecule has 1 saturated carbocycles. The van der Waals surface area contributed by atoms with Crippen LogP contribution < -0.4 is 5.32 Å². The summed E-state index contributed by atoms with van der Waals surface area (Å²) in [7, 11) is 1.69. The summed E-state index contributed by atoms with van der Waals surface area (Å²) in [6, 6.07) is 0.662. The van der Waals surface area contributed by atoms with Crippen LogP contribution in [0.4, 0.5) is 0 Å². The van der Waals surface area contributed by atoms with Gasteiger partial charge in [0.1, 0.15) is 0 Å². The lowest BCUT2D eigenvalue weighted by Gasteiger charge is -2.32. The maximum Gasteiger partial charge on any atom is 0.0700 e. The van der Waals surface area contributed by atoms with Crippen molar-refractivity contribution in [3.63, 3.8) is 0 Å². The van der Waals surface area contributed by atoms with Gasteiger partial charge in [0, 0.05) is 19.7 Å². The van der Waals surface area contributed by atoms with Gasteiger partial charge in [-0.15, -0.1) is 0 Å². The molecule has 3 heteroatoms. The minimum Gasteiger partial charge on any atom is -0.382 e. The fourth-order valence-corrected chi connectivity index (χ4v) is 1.71. The monoisotopic (exact) mass is 201 g/mol. The molecule has 3 nitrogen and oxygen atoms in total. The van der Waals surface area contributed by atoms with Crippen molar-refractivity contribution in [1.29, 1.82) is 0 Å². The zero-order chi connectivity index (χ0) is 10.2. The van der Waals surface area contributed by atoms with Crippen LogP contribution in [-0.2, 0) is 9.47 Å². The number of hydrogen-bond donors (Lipinski definition) is 1. The Balaban J connectivity index is 1.82. The van der Waals surface area contributed by atoms with E-state index in [0.717, 1.165) is 19.1 Å². The van der Waals surface area contributed by atoms with Gasteiger partial charge in [0.25, 0.3) is 0 Å². The summed E-state index contributed by atoms with van der Waals surface area (Å²) in [6.07, 6.45) is 4.22. The fourth-order valence-electron chi connectivity index (χ4n) is 1.71. The van der Waals surface area contributed by atoms with E-state index in [-0.39, 0.29) is 0 Å². The Morgan fingerprint density at radius 3 is 2.64 bits per heavy atom. The third kappa shape index (κ3) is 4.40. The molecule has 14 heavy (non-hydrogen) atoms. The first-order chi connectivity index (χ1) is 6.84. The second-order valence-corrected chi connectivity index (χ2v) is 4.04. The van der Waals surface area contributed by atoms with E-state index in [2.05, 4.69) is 12.2 Å². The second-order valence-electron chi connectivity index (χ2n) is 4.04. The van der Waals surface area contributed by atoms with E-state index >= 15 is 0 Å². The largest absolute Gasteiger partial charge is 0.382 e. The molecule has 1 aliphatic carbocycles. The molecule has 84 valence electrons. The molecule has 0 amide bonds. The predicted molar refractivity (Wildman–Crippen MR) is 57.5 cm³/mol. The minimum atomic E-state index is 0.662. The van der Waals surface area contributed by atoms with Crippen LogP contribution in [0.3, 0.4) is 0 Å². The summed E-state index contributed by atoms with van der Waals surface area (Å²) < 4.78 is 10.3. The summed E-state index contributed by atoms with van der Waals surface area (Å²) in [5.74, 6) is 0.911. The predicted octanol–water partition coefficient (Wildman–Crippen LogP) is 1.43. The van der Waals surface area contributed by atoms with Crippen molar-refractivity contribution in [3.8, 4) is 0 Å². The van der Waals surface area contributed by atoms with E-state index in [1.165, 1.54) is 19.3 Å². The van der Waals surface area contributed by atoms with Crippen LogP contribution in [0.15, 0.2) is 0 Å². The van der Waals surface area contributed by atoms with Gasteiger partial charge in [-0.1, -0.05) is 6.42 Å². The average Bonchev–Trinajstić information content (AvgIpc) is 2.08. The molecule has 0 bridgehead atoms. The van der Waals surface area contributed by atoms with Crippen LogP contribution in [0.2, 0.25) is 0 Å². The third-order valence-corrected chi connectivity index (χ3v) is 3.00. The first kappa shape index (κ1) is 12.0. The van der Waals surface area contributed by atoms with Crippen molar-refractivity contribution in [3.05, 3.63) is 0 Å². The van der Waals surface area contributed by atoms with Gasteiger partial charge in [-0.25, -0.2) is 0 Å². The molecular weight excluding hydrogens is 178 g/mol. The molecule has 0 aliphatic heterocycles. The van der Waals surface area contributed by atoms with Crippen molar-refractivity contribution in [2.45, 2.75) is 32.2 Å². The minimum absolute atomic E-state index is 0.662. The summed E-state index contributed by atoms with van der Waals surface area (Å²) in [5, 5.41) is 3.50. The molecule has 1 rings (SSSR count). The number of rotatable bonds is 8. The molecule has 0 aromatic carbocycles. The highest BCUT2D eigenvalue weighted by Gasteiger charge is 2.22. The maximum atomic E-state index is 5.37. The Kier molecular flexibility index (Phi) is 6.15. The van der Waals surface area contributed by atoms with Gasteiger partial charge in [0.15, 0.2) is 0 Å². The molecule has 0 aromatic heterocycles. The fraction of sp³-hybridized carbons (Fsp3) is 1.00. The molecule has 1 unspecified atom stereocenters. The van der Waals surface area contributed by atoms with Gasteiger partial charge in [-0.3, -0.25) is 0 Å². The Morgan fingerprint density at radius 1 is 1.29 bits per heavy atom. The van der Waals surface area contributed by atoms with Crippen LogP contribution in [0, 0.1) is 5.92 Å². The van der Waals surface area contributed by atoms with Gasteiger partial charge in [0.05, 0.1) is 19.8 Å². The van der Waals surface area contributed by atoms with E-state index in [4.69, 9.17) is 9.47 Å². The molecule has 0 aromatic rings. The van der Waals surface area contributed by atoms with Gasteiger partial charge in [0.2, 0.25) is 0 Å². The topological polar surface area (TPSA) is 30.5 Å². The molecule has 0 radical (unpaired) electrons. The molecule has 1 atom stereocenters. The summed E-state index contributed by atoms with van der Waals surface area (Å²) in [4.78, 5) is 0. The highest BCUT2D eigenvalue weighted by molar-refractivity contribution is 4.79. The molecule has 0 spiro atoms. The van der Waals surface area contributed by atoms with Crippen LogP contribution in [0.25, 0.3) is 0 Å². The van der Waals surface area contributed by atoms with Crippen LogP contribution in [0.5, 0.6) is 0 Å². The van der Waals surface area contributed by atoms with E-state index < -0.39 is 0 Å². The quantitative estimate of drug-likeness (QED) is 0.603. The lowest BCUT2D eigenvalue weighted by Crippen LogP contribution is -2.38. The van der Waals surface area contributed by atoms with Crippen LogP contribution >= 0.6 is 0 Å². The van der Waals surface area contributed by atoms with Crippen molar-refractivity contribution in [2.24, 2.45) is 5.92 Å². The first-order valence-corrected chi connectivity index (χ1v) is 5.64. The van der Waals surface area contributed by atoms with Crippen LogP contribution in [-0.4, -0.2) is 39.5 Å². The van der Waals surface area contributed by atoms with E-state index in [1.54, 1.807) is 7.11 Å². The number of methoxy groups -OCH3 is 1. The normalized spacial score (nSPS) is 19.3. The van der Waals surface area contributed by atoms with Crippen molar-refractivity contribution in [2.75, 3.05) is 33.5 Å². The second kappa shape index (κ2) is 7.21.